The molecule has 6 heteroatoms. The Kier molecular flexibility index (Phi) is 8.81. The molecule has 1 fully saturated rings. The van der Waals surface area contributed by atoms with Crippen molar-refractivity contribution in [3.8, 4) is 11.8 Å². The van der Waals surface area contributed by atoms with E-state index < -0.39 is 0 Å². The molecular weight excluding hydrogens is 625 g/mol. The average Bonchev–Trinajstić information content (AvgIpc) is 3.26. The number of ether oxygens (including phenoxy) is 2. The van der Waals surface area contributed by atoms with Crippen LogP contribution in [0, 0.1) is 17.2 Å². The second-order valence-electron chi connectivity index (χ2n) is 9.42. The van der Waals surface area contributed by atoms with Crippen LogP contribution in [0.2, 0.25) is 0 Å². The van der Waals surface area contributed by atoms with E-state index in [1.165, 1.54) is 15.9 Å². The van der Waals surface area contributed by atoms with Gasteiger partial charge in [-0.3, -0.25) is 0 Å². The number of aliphatic imine (C=N–C) groups is 1. The van der Waals surface area contributed by atoms with Gasteiger partial charge in [-0.25, -0.2) is 0 Å². The van der Waals surface area contributed by atoms with E-state index in [-0.39, 0.29) is 11.9 Å². The molecule has 2 unspecified atom stereocenters. The number of nitrogens with zero attached hydrogens (tertiary/aromatic N) is 2. The minimum absolute atomic E-state index is 0.0268. The summed E-state index contributed by atoms with van der Waals surface area (Å²) in [6.07, 6.45) is 7.55. The van der Waals surface area contributed by atoms with Crippen molar-refractivity contribution in [2.45, 2.75) is 51.0 Å². The maximum atomic E-state index is 10.0. The molecule has 1 N–H and O–H groups in total. The predicted octanol–water partition coefficient (Wildman–Crippen LogP) is 6.25. The fourth-order valence-corrected chi connectivity index (χ4v) is 6.77. The molecule has 2 aromatic carbocycles. The van der Waals surface area contributed by atoms with Gasteiger partial charge in [0.25, 0.3) is 0 Å². The van der Waals surface area contributed by atoms with Crippen LogP contribution in [0.15, 0.2) is 62.8 Å². The van der Waals surface area contributed by atoms with Crippen LogP contribution < -0.4 is 4.74 Å². The first-order valence-electron chi connectivity index (χ1n) is 12.3. The first-order chi connectivity index (χ1) is 17.0. The van der Waals surface area contributed by atoms with Crippen LogP contribution in [0.25, 0.3) is 5.76 Å². The predicted molar refractivity (Wildman–Crippen MR) is 134 cm³/mol. The van der Waals surface area contributed by atoms with E-state index >= 15 is 0 Å². The summed E-state index contributed by atoms with van der Waals surface area (Å²) < 4.78 is 13.2. The molecule has 1 saturated carbocycles. The van der Waals surface area contributed by atoms with Crippen LogP contribution >= 0.6 is 0 Å². The molecule has 0 bridgehead atoms. The van der Waals surface area contributed by atoms with E-state index in [2.05, 4.69) is 24.8 Å². The van der Waals surface area contributed by atoms with Gasteiger partial charge in [0.2, 0.25) is 0 Å². The van der Waals surface area contributed by atoms with E-state index in [4.69, 9.17) is 14.5 Å². The van der Waals surface area contributed by atoms with Crippen molar-refractivity contribution >= 4 is 11.5 Å². The van der Waals surface area contributed by atoms with E-state index in [1.54, 1.807) is 13.2 Å². The van der Waals surface area contributed by atoms with Gasteiger partial charge in [0, 0.05) is 0 Å². The Morgan fingerprint density at radius 3 is 2.86 bits per heavy atom. The zero-order valence-corrected chi connectivity index (χ0v) is 25.9. The van der Waals surface area contributed by atoms with Crippen molar-refractivity contribution in [3.63, 3.8) is 0 Å². The summed E-state index contributed by atoms with van der Waals surface area (Å²) in [4.78, 5) is 4.94. The Hall–Kier alpha value is -2.42. The normalized spacial score (nSPS) is 19.9. The number of aliphatic hydroxyl groups is 1. The van der Waals surface area contributed by atoms with Gasteiger partial charge in [0.15, 0.2) is 0 Å². The quantitative estimate of drug-likeness (QED) is 0.256. The van der Waals surface area contributed by atoms with Crippen molar-refractivity contribution in [2.24, 2.45) is 10.9 Å². The van der Waals surface area contributed by atoms with Gasteiger partial charge in [0.05, 0.1) is 6.07 Å². The Bertz CT molecular complexity index is 1190. The molecule has 1 aliphatic heterocycles. The zero-order chi connectivity index (χ0) is 24.8. The molecule has 2 aliphatic rings. The van der Waals surface area contributed by atoms with Crippen molar-refractivity contribution < 1.29 is 40.7 Å². The van der Waals surface area contributed by atoms with Gasteiger partial charge in [-0.2, -0.15) is 5.26 Å². The second-order valence-corrected chi connectivity index (χ2v) is 12.7. The molecule has 4 rings (SSSR count). The number of methoxy groups -OCH3 is 1. The maximum absolute atomic E-state index is 10.0. The number of hydrogen-bond acceptors (Lipinski definition) is 5. The minimum atomic E-state index is -0.0268. The van der Waals surface area contributed by atoms with Crippen molar-refractivity contribution in [1.29, 1.82) is 5.26 Å². The van der Waals surface area contributed by atoms with Gasteiger partial charge >= 0.3 is 196 Å². The SMILES string of the molecule is C=C(O)c1c(C#N)cccc1CCC1CCCC(OCC2=[C]([Hg])CC(c3cccc(OC)c3)=N2)C1. The van der Waals surface area contributed by atoms with E-state index in [0.29, 0.717) is 49.8 Å². The van der Waals surface area contributed by atoms with E-state index in [0.717, 1.165) is 60.4 Å². The molecule has 177 valence electrons. The van der Waals surface area contributed by atoms with Crippen molar-refractivity contribution in [3.05, 3.63) is 80.1 Å². The Labute approximate surface area is 224 Å². The van der Waals surface area contributed by atoms with Gasteiger partial charge in [-0.15, -0.1) is 0 Å². The van der Waals surface area contributed by atoms with Crippen molar-refractivity contribution in [1.82, 2.24) is 0 Å². The number of nitriles is 1. The van der Waals surface area contributed by atoms with E-state index in [9.17, 15) is 10.4 Å². The van der Waals surface area contributed by atoms with Gasteiger partial charge in [0.1, 0.15) is 0 Å². The molecule has 1 heterocycles. The number of hydrogen-bond donors (Lipinski definition) is 1. The standard InChI is InChI=1S/C29H31N2O3.Hg/c1-20(32)29-22(7-4-9-24(29)18-30)13-12-21-6-3-11-27(16-21)34-19-25-14-15-28(31-25)23-8-5-10-26(17-23)33-2;/h4-5,7-10,17,21,27,32H,1,3,6,11-13,15-16,19H2,2H3;. The third kappa shape index (κ3) is 6.42. The Balaban J connectivity index is 1.32. The summed E-state index contributed by atoms with van der Waals surface area (Å²) in [6.45, 7) is 4.27. The van der Waals surface area contributed by atoms with Crippen LogP contribution in [0.4, 0.5) is 0 Å². The number of aliphatic hydroxyl groups excluding tert-OH is 1. The van der Waals surface area contributed by atoms with Crippen LogP contribution in [0.3, 0.4) is 0 Å². The fourth-order valence-electron chi connectivity index (χ4n) is 5.14. The molecule has 0 saturated heterocycles. The van der Waals surface area contributed by atoms with Crippen LogP contribution in [-0.2, 0) is 37.3 Å². The fraction of sp³-hybridized carbons (Fsp3) is 0.379. The summed E-state index contributed by atoms with van der Waals surface area (Å²) in [7, 11) is 1.69. The first kappa shape index (κ1) is 25.7. The zero-order valence-electron chi connectivity index (χ0n) is 20.4. The molecule has 0 radical (unpaired) electrons. The van der Waals surface area contributed by atoms with E-state index in [1.807, 2.05) is 24.3 Å². The number of aryl methyl sites for hydroxylation is 1. The summed E-state index contributed by atoms with van der Waals surface area (Å²) in [5.41, 5.74) is 5.46. The Morgan fingerprint density at radius 2 is 2.09 bits per heavy atom. The topological polar surface area (TPSA) is 74.8 Å². The summed E-state index contributed by atoms with van der Waals surface area (Å²) in [6, 6.07) is 15.9. The second kappa shape index (κ2) is 12.0. The first-order valence-corrected chi connectivity index (χ1v) is 15.0. The van der Waals surface area contributed by atoms with Gasteiger partial charge < -0.3 is 5.11 Å². The van der Waals surface area contributed by atoms with Crippen LogP contribution in [-0.4, -0.2) is 30.6 Å². The number of benzene rings is 2. The molecule has 1 aliphatic carbocycles. The van der Waals surface area contributed by atoms with Crippen LogP contribution in [0.1, 0.15) is 60.8 Å². The average molecular weight is 656 g/mol. The number of allylic oxidation sites excluding steroid dienone is 1. The summed E-state index contributed by atoms with van der Waals surface area (Å²) >= 11 is 0.523. The molecule has 2 atom stereocenters. The third-order valence-corrected chi connectivity index (χ3v) is 9.59. The molecule has 0 aromatic heterocycles. The molecule has 35 heavy (non-hydrogen) atoms. The van der Waals surface area contributed by atoms with Crippen LogP contribution in [0.5, 0.6) is 5.75 Å². The third-order valence-electron chi connectivity index (χ3n) is 7.03. The van der Waals surface area contributed by atoms with Gasteiger partial charge in [-0.05, 0) is 6.07 Å². The Morgan fingerprint density at radius 1 is 1.26 bits per heavy atom. The molecule has 0 amide bonds. The summed E-state index contributed by atoms with van der Waals surface area (Å²) in [5, 5.41) is 19.4. The van der Waals surface area contributed by atoms with Crippen molar-refractivity contribution in [2.75, 3.05) is 13.7 Å². The van der Waals surface area contributed by atoms with Gasteiger partial charge in [-0.1, -0.05) is 6.58 Å². The number of rotatable bonds is 9. The molecule has 5 nitrogen and oxygen atoms in total. The molecule has 0 spiro atoms. The molecule has 2 aromatic rings. The summed E-state index contributed by atoms with van der Waals surface area (Å²) in [5.74, 6) is 1.41. The monoisotopic (exact) mass is 657 g/mol. The molecular formula is C29H31HgN2O3.